The molecule has 0 unspecified atom stereocenters. The van der Waals surface area contributed by atoms with Gasteiger partial charge in [0.05, 0.1) is 12.7 Å². The number of hydrogen-bond donors (Lipinski definition) is 0. The Kier molecular flexibility index (Phi) is 5.42. The van der Waals surface area contributed by atoms with E-state index in [0.29, 0.717) is 12.6 Å². The summed E-state index contributed by atoms with van der Waals surface area (Å²) >= 11 is 5.70. The zero-order valence-corrected chi connectivity index (χ0v) is 17.1. The molecule has 0 bridgehead atoms. The Balaban J connectivity index is 1.67. The fourth-order valence-corrected chi connectivity index (χ4v) is 4.09. The van der Waals surface area contributed by atoms with Gasteiger partial charge in [0.25, 0.3) is 0 Å². The third-order valence-corrected chi connectivity index (χ3v) is 5.74. The molecule has 4 nitrogen and oxygen atoms in total. The van der Waals surface area contributed by atoms with Crippen molar-refractivity contribution in [3.8, 4) is 0 Å². The second-order valence-corrected chi connectivity index (χ2v) is 7.79. The monoisotopic (exact) mass is 396 g/mol. The van der Waals surface area contributed by atoms with Gasteiger partial charge in [0.2, 0.25) is 0 Å². The zero-order chi connectivity index (χ0) is 19.7. The van der Waals surface area contributed by atoms with Crippen molar-refractivity contribution < 1.29 is 4.39 Å². The van der Waals surface area contributed by atoms with Gasteiger partial charge in [0, 0.05) is 12.5 Å². The highest BCUT2D eigenvalue weighted by molar-refractivity contribution is 7.71. The van der Waals surface area contributed by atoms with Gasteiger partial charge in [-0.2, -0.15) is 5.10 Å². The van der Waals surface area contributed by atoms with Crippen molar-refractivity contribution in [2.75, 3.05) is 7.05 Å². The second-order valence-electron chi connectivity index (χ2n) is 7.42. The lowest BCUT2D eigenvalue weighted by Crippen LogP contribution is -2.28. The fourth-order valence-electron chi connectivity index (χ4n) is 3.77. The average molecular weight is 397 g/mol. The van der Waals surface area contributed by atoms with Crippen molar-refractivity contribution in [3.63, 3.8) is 0 Å². The summed E-state index contributed by atoms with van der Waals surface area (Å²) in [6.45, 7) is 3.53. The lowest BCUT2D eigenvalue weighted by Gasteiger charge is -2.28. The molecule has 0 saturated heterocycles. The summed E-state index contributed by atoms with van der Waals surface area (Å²) in [4.78, 5) is 2.21. The fraction of sp³-hybridized carbons (Fsp3) is 0.364. The number of halogens is 1. The van der Waals surface area contributed by atoms with Gasteiger partial charge in [-0.15, -0.1) is 0 Å². The van der Waals surface area contributed by atoms with E-state index in [0.717, 1.165) is 28.3 Å². The van der Waals surface area contributed by atoms with Crippen LogP contribution in [0.2, 0.25) is 0 Å². The standard InChI is InChI=1S/C22H25FN4S/c1-3-26-21(18-9-10-18)24-27(22(26)28)15-25(2)20(16-7-5-4-6-8-16)17-11-13-19(23)14-12-17/h4-8,11-14,18,20H,3,9-10,15H2,1-2H3/t20-/m0/s1. The molecule has 28 heavy (non-hydrogen) atoms. The first-order valence-electron chi connectivity index (χ1n) is 9.76. The van der Waals surface area contributed by atoms with Crippen LogP contribution in [-0.2, 0) is 13.2 Å². The third kappa shape index (κ3) is 3.80. The van der Waals surface area contributed by atoms with Gasteiger partial charge in [-0.25, -0.2) is 9.07 Å². The minimum absolute atomic E-state index is 0.0140. The Labute approximate surface area is 170 Å². The topological polar surface area (TPSA) is 26.0 Å². The predicted octanol–water partition coefficient (Wildman–Crippen LogP) is 5.13. The van der Waals surface area contributed by atoms with Crippen molar-refractivity contribution in [1.82, 2.24) is 19.2 Å². The molecule has 1 aliphatic rings. The highest BCUT2D eigenvalue weighted by Gasteiger charge is 2.30. The van der Waals surface area contributed by atoms with Gasteiger partial charge in [-0.3, -0.25) is 4.90 Å². The SMILES string of the molecule is CCn1c(C2CC2)nn(CN(C)[C@@H](c2ccccc2)c2ccc(F)cc2)c1=S. The number of hydrogen-bond acceptors (Lipinski definition) is 3. The van der Waals surface area contributed by atoms with E-state index in [9.17, 15) is 4.39 Å². The van der Waals surface area contributed by atoms with E-state index in [2.05, 4.69) is 35.6 Å². The van der Waals surface area contributed by atoms with Gasteiger partial charge in [0.15, 0.2) is 4.77 Å². The summed E-state index contributed by atoms with van der Waals surface area (Å²) in [7, 11) is 2.06. The summed E-state index contributed by atoms with van der Waals surface area (Å²) in [5.74, 6) is 1.44. The van der Waals surface area contributed by atoms with E-state index in [-0.39, 0.29) is 11.9 Å². The Bertz CT molecular complexity index is 990. The van der Waals surface area contributed by atoms with Crippen molar-refractivity contribution in [2.45, 2.75) is 44.9 Å². The van der Waals surface area contributed by atoms with Gasteiger partial charge >= 0.3 is 0 Å². The van der Waals surface area contributed by atoms with E-state index >= 15 is 0 Å². The lowest BCUT2D eigenvalue weighted by molar-refractivity contribution is 0.207. The molecule has 1 atom stereocenters. The second kappa shape index (κ2) is 7.97. The quantitative estimate of drug-likeness (QED) is 0.518. The van der Waals surface area contributed by atoms with E-state index < -0.39 is 0 Å². The molecule has 1 aromatic heterocycles. The van der Waals surface area contributed by atoms with Gasteiger partial charge in [-0.05, 0) is 62.3 Å². The van der Waals surface area contributed by atoms with Crippen molar-refractivity contribution in [1.29, 1.82) is 0 Å². The predicted molar refractivity (Wildman–Crippen MR) is 111 cm³/mol. The van der Waals surface area contributed by atoms with Crippen LogP contribution in [0.4, 0.5) is 4.39 Å². The van der Waals surface area contributed by atoms with Crippen LogP contribution >= 0.6 is 12.2 Å². The van der Waals surface area contributed by atoms with Crippen LogP contribution in [0, 0.1) is 10.6 Å². The van der Waals surface area contributed by atoms with Crippen LogP contribution in [0.1, 0.15) is 48.7 Å². The van der Waals surface area contributed by atoms with E-state index in [1.54, 1.807) is 0 Å². The highest BCUT2D eigenvalue weighted by Crippen LogP contribution is 2.39. The molecule has 1 aliphatic carbocycles. The average Bonchev–Trinajstić information content (AvgIpc) is 3.50. The van der Waals surface area contributed by atoms with E-state index in [4.69, 9.17) is 17.3 Å². The molecule has 1 heterocycles. The van der Waals surface area contributed by atoms with Crippen LogP contribution in [0.5, 0.6) is 0 Å². The normalized spacial score (nSPS) is 15.1. The number of benzene rings is 2. The van der Waals surface area contributed by atoms with Crippen molar-refractivity contribution in [3.05, 3.63) is 82.1 Å². The summed E-state index contributed by atoms with van der Waals surface area (Å²) < 4.78 is 18.3. The Morgan fingerprint density at radius 1 is 1.11 bits per heavy atom. The maximum absolute atomic E-state index is 13.5. The highest BCUT2D eigenvalue weighted by atomic mass is 32.1. The van der Waals surface area contributed by atoms with Gasteiger partial charge in [-0.1, -0.05) is 42.5 Å². The molecular weight excluding hydrogens is 371 g/mol. The number of aromatic nitrogens is 3. The Morgan fingerprint density at radius 2 is 1.75 bits per heavy atom. The van der Waals surface area contributed by atoms with Crippen LogP contribution in [0.15, 0.2) is 54.6 Å². The summed E-state index contributed by atoms with van der Waals surface area (Å²) in [5, 5.41) is 4.84. The minimum atomic E-state index is -0.226. The van der Waals surface area contributed by atoms with Crippen LogP contribution in [0.25, 0.3) is 0 Å². The molecule has 3 aromatic rings. The molecule has 0 amide bonds. The summed E-state index contributed by atoms with van der Waals surface area (Å²) in [6, 6.07) is 17.0. The Hall–Kier alpha value is -2.31. The molecule has 4 rings (SSSR count). The maximum atomic E-state index is 13.5. The van der Waals surface area contributed by atoms with Crippen LogP contribution < -0.4 is 0 Å². The maximum Gasteiger partial charge on any atom is 0.199 e. The van der Waals surface area contributed by atoms with E-state index in [1.165, 1.54) is 25.0 Å². The van der Waals surface area contributed by atoms with E-state index in [1.807, 2.05) is 35.0 Å². The van der Waals surface area contributed by atoms with Crippen molar-refractivity contribution in [2.24, 2.45) is 0 Å². The molecule has 0 aliphatic heterocycles. The lowest BCUT2D eigenvalue weighted by atomic mass is 9.98. The summed E-state index contributed by atoms with van der Waals surface area (Å²) in [6.07, 6.45) is 2.40. The van der Waals surface area contributed by atoms with Crippen LogP contribution in [-0.4, -0.2) is 26.3 Å². The minimum Gasteiger partial charge on any atom is -0.304 e. The largest absolute Gasteiger partial charge is 0.304 e. The number of nitrogens with zero attached hydrogens (tertiary/aromatic N) is 4. The molecule has 1 saturated carbocycles. The smallest absolute Gasteiger partial charge is 0.199 e. The van der Waals surface area contributed by atoms with Crippen molar-refractivity contribution >= 4 is 12.2 Å². The summed E-state index contributed by atoms with van der Waals surface area (Å²) in [5.41, 5.74) is 2.19. The molecule has 0 spiro atoms. The molecule has 1 fully saturated rings. The molecule has 0 N–H and O–H groups in total. The molecule has 2 aromatic carbocycles. The molecule has 0 radical (unpaired) electrons. The Morgan fingerprint density at radius 3 is 2.36 bits per heavy atom. The zero-order valence-electron chi connectivity index (χ0n) is 16.3. The van der Waals surface area contributed by atoms with Crippen LogP contribution in [0.3, 0.4) is 0 Å². The molecule has 6 heteroatoms. The first kappa shape index (κ1) is 19.0. The molecular formula is C22H25FN4S. The molecule has 146 valence electrons. The van der Waals surface area contributed by atoms with Gasteiger partial charge in [0.1, 0.15) is 11.6 Å². The third-order valence-electron chi connectivity index (χ3n) is 5.31. The first-order chi connectivity index (χ1) is 13.6. The van der Waals surface area contributed by atoms with Gasteiger partial charge < -0.3 is 4.57 Å². The number of rotatable bonds is 7. The first-order valence-corrected chi connectivity index (χ1v) is 10.2.